The average Bonchev–Trinajstić information content (AvgIpc) is 2.94. The third-order valence-electron chi connectivity index (χ3n) is 7.98. The van der Waals surface area contributed by atoms with E-state index in [-0.39, 0.29) is 11.2 Å². The molecule has 2 heteroatoms. The summed E-state index contributed by atoms with van der Waals surface area (Å²) in [5, 5.41) is 0. The zero-order valence-corrected chi connectivity index (χ0v) is 15.6. The fourth-order valence-electron chi connectivity index (χ4n) is 6.64. The lowest BCUT2D eigenvalue weighted by molar-refractivity contribution is -0.131. The van der Waals surface area contributed by atoms with Crippen molar-refractivity contribution >= 4 is 5.78 Å². The van der Waals surface area contributed by atoms with Gasteiger partial charge in [-0.3, -0.25) is 4.79 Å². The first-order chi connectivity index (χ1) is 12.0. The van der Waals surface area contributed by atoms with Crippen LogP contribution in [0, 0.1) is 35.0 Å². The molecule has 0 saturated heterocycles. The predicted molar refractivity (Wildman–Crippen MR) is 99.6 cm³/mol. The summed E-state index contributed by atoms with van der Waals surface area (Å²) in [4.78, 5) is 12.5. The van der Waals surface area contributed by atoms with Gasteiger partial charge in [-0.15, -0.1) is 6.42 Å². The van der Waals surface area contributed by atoms with Gasteiger partial charge in [0.1, 0.15) is 11.5 Å². The Morgan fingerprint density at radius 2 is 2.08 bits per heavy atom. The van der Waals surface area contributed by atoms with E-state index in [1.54, 1.807) is 14.0 Å². The molecule has 0 unspecified atom stereocenters. The number of hydrogen-bond donors (Lipinski definition) is 0. The van der Waals surface area contributed by atoms with Crippen molar-refractivity contribution in [2.75, 3.05) is 7.11 Å². The highest BCUT2D eigenvalue weighted by Gasteiger charge is 2.63. The molecule has 2 fully saturated rings. The lowest BCUT2D eigenvalue weighted by Gasteiger charge is -2.53. The fourth-order valence-corrected chi connectivity index (χ4v) is 6.64. The van der Waals surface area contributed by atoms with Crippen LogP contribution in [0.3, 0.4) is 0 Å². The number of carbonyl (C=O) groups excluding carboxylic acids is 1. The maximum Gasteiger partial charge on any atom is 0.148 e. The van der Waals surface area contributed by atoms with Gasteiger partial charge >= 0.3 is 0 Å². The van der Waals surface area contributed by atoms with Gasteiger partial charge in [0.05, 0.1) is 12.5 Å². The predicted octanol–water partition coefficient (Wildman–Crippen LogP) is 4.76. The molecule has 5 atom stereocenters. The molecule has 0 aromatic heterocycles. The first-order valence-corrected chi connectivity index (χ1v) is 9.62. The molecule has 0 radical (unpaired) electrons. The van der Waals surface area contributed by atoms with Crippen molar-refractivity contribution in [3.8, 4) is 18.1 Å². The Labute approximate surface area is 151 Å². The second-order valence-corrected chi connectivity index (χ2v) is 8.58. The van der Waals surface area contributed by atoms with Crippen molar-refractivity contribution in [2.24, 2.45) is 22.7 Å². The number of aryl methyl sites for hydroxylation is 1. The summed E-state index contributed by atoms with van der Waals surface area (Å²) < 4.78 is 5.41. The maximum absolute atomic E-state index is 12.5. The SMILES string of the molecule is C#C[C@]1(C(C)=O)CC[C@H]2[C@@H]3CCc4cc(OC)ccc4[C@H]3CC[C@@]21C. The third kappa shape index (κ3) is 2.08. The number of methoxy groups -OCH3 is 1. The molecule has 0 heterocycles. The number of Topliss-reactive ketones (excluding diaryl/α,β-unsaturated/α-hetero) is 1. The van der Waals surface area contributed by atoms with Crippen molar-refractivity contribution in [2.45, 2.75) is 58.3 Å². The highest BCUT2D eigenvalue weighted by molar-refractivity contribution is 5.87. The summed E-state index contributed by atoms with van der Waals surface area (Å²) >= 11 is 0. The number of terminal acetylenes is 1. The van der Waals surface area contributed by atoms with Crippen molar-refractivity contribution in [3.05, 3.63) is 29.3 Å². The smallest absolute Gasteiger partial charge is 0.148 e. The van der Waals surface area contributed by atoms with Crippen LogP contribution in [0.5, 0.6) is 5.75 Å². The molecule has 0 spiro atoms. The van der Waals surface area contributed by atoms with Gasteiger partial charge in [0.2, 0.25) is 0 Å². The highest BCUT2D eigenvalue weighted by Crippen LogP contribution is 2.67. The van der Waals surface area contributed by atoms with Crippen LogP contribution in [0.1, 0.15) is 63.0 Å². The lowest BCUT2D eigenvalue weighted by Crippen LogP contribution is -2.49. The molecule has 3 aliphatic carbocycles. The first-order valence-electron chi connectivity index (χ1n) is 9.62. The Hall–Kier alpha value is -1.75. The molecule has 1 aromatic rings. The second kappa shape index (κ2) is 5.63. The third-order valence-corrected chi connectivity index (χ3v) is 7.98. The number of benzene rings is 1. The molecule has 2 saturated carbocycles. The Kier molecular flexibility index (Phi) is 3.76. The second-order valence-electron chi connectivity index (χ2n) is 8.58. The zero-order chi connectivity index (χ0) is 17.8. The Bertz CT molecular complexity index is 758. The molecular weight excluding hydrogens is 308 g/mol. The monoisotopic (exact) mass is 336 g/mol. The number of ether oxygens (including phenoxy) is 1. The van der Waals surface area contributed by atoms with E-state index in [1.807, 2.05) is 0 Å². The van der Waals surface area contributed by atoms with E-state index < -0.39 is 5.41 Å². The van der Waals surface area contributed by atoms with E-state index in [2.05, 4.69) is 31.0 Å². The topological polar surface area (TPSA) is 26.3 Å². The molecular formula is C23H28O2. The zero-order valence-electron chi connectivity index (χ0n) is 15.6. The maximum atomic E-state index is 12.5. The van der Waals surface area contributed by atoms with E-state index in [0.29, 0.717) is 17.8 Å². The van der Waals surface area contributed by atoms with Crippen LogP contribution in [0.25, 0.3) is 0 Å². The van der Waals surface area contributed by atoms with E-state index in [1.165, 1.54) is 17.5 Å². The van der Waals surface area contributed by atoms with E-state index in [0.717, 1.165) is 37.9 Å². The van der Waals surface area contributed by atoms with Crippen LogP contribution in [-0.2, 0) is 11.2 Å². The molecule has 0 aliphatic heterocycles. The normalized spacial score (nSPS) is 38.9. The van der Waals surface area contributed by atoms with Crippen LogP contribution in [0.2, 0.25) is 0 Å². The molecule has 1 aromatic carbocycles. The molecule has 3 aliphatic rings. The minimum absolute atomic E-state index is 0.0290. The molecule has 132 valence electrons. The van der Waals surface area contributed by atoms with Crippen LogP contribution >= 0.6 is 0 Å². The Balaban J connectivity index is 1.71. The van der Waals surface area contributed by atoms with Crippen molar-refractivity contribution in [1.29, 1.82) is 0 Å². The molecule has 4 rings (SSSR count). The van der Waals surface area contributed by atoms with Crippen LogP contribution < -0.4 is 4.74 Å². The fraction of sp³-hybridized carbons (Fsp3) is 0.609. The van der Waals surface area contributed by atoms with E-state index in [4.69, 9.17) is 11.2 Å². The molecule has 0 bridgehead atoms. The van der Waals surface area contributed by atoms with Crippen molar-refractivity contribution in [3.63, 3.8) is 0 Å². The summed E-state index contributed by atoms with van der Waals surface area (Å²) in [6.45, 7) is 4.02. The molecule has 0 N–H and O–H groups in total. The molecule has 2 nitrogen and oxygen atoms in total. The number of hydrogen-bond acceptors (Lipinski definition) is 2. The Morgan fingerprint density at radius 3 is 2.76 bits per heavy atom. The molecule has 25 heavy (non-hydrogen) atoms. The van der Waals surface area contributed by atoms with Crippen LogP contribution in [0.15, 0.2) is 18.2 Å². The van der Waals surface area contributed by atoms with Crippen molar-refractivity contribution < 1.29 is 9.53 Å². The summed E-state index contributed by atoms with van der Waals surface area (Å²) in [6.07, 6.45) is 12.5. The van der Waals surface area contributed by atoms with E-state index >= 15 is 0 Å². The van der Waals surface area contributed by atoms with Crippen LogP contribution in [0.4, 0.5) is 0 Å². The van der Waals surface area contributed by atoms with Gasteiger partial charge in [-0.25, -0.2) is 0 Å². The van der Waals surface area contributed by atoms with Crippen molar-refractivity contribution in [1.82, 2.24) is 0 Å². The average molecular weight is 336 g/mol. The van der Waals surface area contributed by atoms with Gasteiger partial charge in [-0.1, -0.05) is 18.9 Å². The van der Waals surface area contributed by atoms with Crippen LogP contribution in [-0.4, -0.2) is 12.9 Å². The quantitative estimate of drug-likeness (QED) is 0.728. The number of carbonyl (C=O) groups is 1. The van der Waals surface area contributed by atoms with Gasteiger partial charge < -0.3 is 4.74 Å². The minimum atomic E-state index is -0.539. The number of fused-ring (bicyclic) bond motifs is 5. The highest BCUT2D eigenvalue weighted by atomic mass is 16.5. The van der Waals surface area contributed by atoms with Gasteiger partial charge in [0.25, 0.3) is 0 Å². The first kappa shape index (κ1) is 16.7. The van der Waals surface area contributed by atoms with Gasteiger partial charge in [-0.05, 0) is 91.9 Å². The largest absolute Gasteiger partial charge is 0.497 e. The summed E-state index contributed by atoms with van der Waals surface area (Å²) in [5.41, 5.74) is 2.40. The molecule has 0 amide bonds. The summed E-state index contributed by atoms with van der Waals surface area (Å²) in [6, 6.07) is 6.60. The lowest BCUT2D eigenvalue weighted by atomic mass is 9.50. The standard InChI is InChI=1S/C23H28O2/c1-5-23(15(2)24)13-11-21-20-8-6-16-14-17(25-4)7-9-18(16)19(20)10-12-22(21,23)3/h1,7,9,14,19-21H,6,8,10-13H2,2-4H3/t19-,20-,21+,22+,23-/m1/s1. The summed E-state index contributed by atoms with van der Waals surface area (Å²) in [5.74, 6) is 6.00. The van der Waals surface area contributed by atoms with Gasteiger partial charge in [0.15, 0.2) is 0 Å². The van der Waals surface area contributed by atoms with Gasteiger partial charge in [0, 0.05) is 0 Å². The Morgan fingerprint density at radius 1 is 1.28 bits per heavy atom. The minimum Gasteiger partial charge on any atom is -0.497 e. The summed E-state index contributed by atoms with van der Waals surface area (Å²) in [7, 11) is 1.74. The number of rotatable bonds is 2. The van der Waals surface area contributed by atoms with Gasteiger partial charge in [-0.2, -0.15) is 0 Å². The van der Waals surface area contributed by atoms with E-state index in [9.17, 15) is 4.79 Å². The number of ketones is 1.